The number of fused-ring (bicyclic) bond motifs is 1. The van der Waals surface area contributed by atoms with Crippen LogP contribution < -0.4 is 5.32 Å². The fourth-order valence-electron chi connectivity index (χ4n) is 2.86. The number of aromatic nitrogens is 4. The first kappa shape index (κ1) is 15.9. The summed E-state index contributed by atoms with van der Waals surface area (Å²) in [6.07, 6.45) is 1.40. The Morgan fingerprint density at radius 1 is 1.32 bits per heavy atom. The first-order chi connectivity index (χ1) is 12.2. The summed E-state index contributed by atoms with van der Waals surface area (Å²) in [4.78, 5) is 12.7. The number of aliphatic hydroxyl groups is 2. The molecule has 0 amide bonds. The molecule has 3 N–H and O–H groups in total. The number of hydrogen-bond acceptors (Lipinski definition) is 8. The van der Waals surface area contributed by atoms with Crippen molar-refractivity contribution in [1.82, 2.24) is 19.5 Å². The molecular weight excluding hydrogens is 333 g/mol. The fraction of sp³-hybridized carbons (Fsp3) is 0.400. The molecule has 0 bridgehead atoms. The van der Waals surface area contributed by atoms with Gasteiger partial charge in [0.1, 0.15) is 24.4 Å². The van der Waals surface area contributed by atoms with E-state index in [4.69, 9.17) is 9.15 Å². The minimum absolute atomic E-state index is 0.244. The number of nitrogens with one attached hydrogen (secondary N) is 1. The average molecular weight is 349 g/mol. The molecule has 0 aromatic carbocycles. The lowest BCUT2D eigenvalue weighted by Crippen LogP contribution is -2.24. The van der Waals surface area contributed by atoms with Crippen LogP contribution in [0.15, 0.2) is 29.2 Å². The lowest BCUT2D eigenvalue weighted by atomic mass is 10.2. The molecule has 0 spiro atoms. The van der Waals surface area contributed by atoms with Gasteiger partial charge in [-0.05, 0) is 6.07 Å². The molecule has 10 heteroatoms. The standard InChI is InChI=1S/C15H16FN5O4/c16-11-2-1-8(24-11)4-17-14-13-15(19-6-18-14)21(7-20-13)12-3-9(23)10(5-22)25-12/h1-2,6-7,9-10,12,22-23H,3-5H2,(H,17,18,19)/t9-,10+,12?/m0/s1. The summed E-state index contributed by atoms with van der Waals surface area (Å²) in [5.41, 5.74) is 1.04. The van der Waals surface area contributed by atoms with Gasteiger partial charge in [0.25, 0.3) is 6.01 Å². The maximum Gasteiger partial charge on any atom is 0.277 e. The lowest BCUT2D eigenvalue weighted by molar-refractivity contribution is -0.0432. The third-order valence-corrected chi connectivity index (χ3v) is 4.11. The molecule has 9 nitrogen and oxygen atoms in total. The van der Waals surface area contributed by atoms with Crippen molar-refractivity contribution >= 4 is 17.0 Å². The van der Waals surface area contributed by atoms with Gasteiger partial charge < -0.3 is 24.7 Å². The van der Waals surface area contributed by atoms with E-state index in [0.29, 0.717) is 29.2 Å². The van der Waals surface area contributed by atoms with Crippen molar-refractivity contribution in [3.63, 3.8) is 0 Å². The molecule has 3 aromatic rings. The van der Waals surface area contributed by atoms with E-state index in [1.807, 2.05) is 0 Å². The van der Waals surface area contributed by atoms with E-state index in [1.165, 1.54) is 18.5 Å². The Morgan fingerprint density at radius 3 is 2.92 bits per heavy atom. The summed E-state index contributed by atoms with van der Waals surface area (Å²) in [5, 5.41) is 22.1. The predicted octanol–water partition coefficient (Wildman–Crippen LogP) is 0.811. The second-order valence-corrected chi connectivity index (χ2v) is 5.72. The van der Waals surface area contributed by atoms with E-state index in [0.717, 1.165) is 0 Å². The smallest absolute Gasteiger partial charge is 0.277 e. The summed E-state index contributed by atoms with van der Waals surface area (Å²) in [5.74, 6) is 0.898. The molecule has 3 atom stereocenters. The van der Waals surface area contributed by atoms with Crippen LogP contribution in [0.25, 0.3) is 11.2 Å². The van der Waals surface area contributed by atoms with E-state index in [2.05, 4.69) is 20.3 Å². The largest absolute Gasteiger partial charge is 0.434 e. The number of imidazole rings is 1. The Labute approximate surface area is 141 Å². The number of halogens is 1. The van der Waals surface area contributed by atoms with Crippen LogP contribution in [0.1, 0.15) is 18.4 Å². The number of hydrogen-bond donors (Lipinski definition) is 3. The maximum atomic E-state index is 12.9. The molecule has 25 heavy (non-hydrogen) atoms. The van der Waals surface area contributed by atoms with Gasteiger partial charge in [-0.15, -0.1) is 0 Å². The molecule has 4 heterocycles. The Bertz CT molecular complexity index is 882. The molecule has 1 aliphatic rings. The van der Waals surface area contributed by atoms with Gasteiger partial charge in [0.05, 0.1) is 25.6 Å². The quantitative estimate of drug-likeness (QED) is 0.619. The number of aliphatic hydroxyl groups excluding tert-OH is 2. The number of anilines is 1. The lowest BCUT2D eigenvalue weighted by Gasteiger charge is -2.13. The predicted molar refractivity (Wildman–Crippen MR) is 82.9 cm³/mol. The second kappa shape index (κ2) is 6.39. The van der Waals surface area contributed by atoms with Gasteiger partial charge in [0.15, 0.2) is 17.0 Å². The fourth-order valence-corrected chi connectivity index (χ4v) is 2.86. The molecule has 132 valence electrons. The van der Waals surface area contributed by atoms with Crippen LogP contribution in [0, 0.1) is 6.01 Å². The van der Waals surface area contributed by atoms with Gasteiger partial charge in [0, 0.05) is 12.5 Å². The molecule has 0 saturated carbocycles. The molecule has 0 aliphatic carbocycles. The molecule has 1 aliphatic heterocycles. The van der Waals surface area contributed by atoms with Gasteiger partial charge in [-0.25, -0.2) is 15.0 Å². The van der Waals surface area contributed by atoms with E-state index in [1.54, 1.807) is 10.9 Å². The molecule has 3 aromatic heterocycles. The molecule has 1 saturated heterocycles. The highest BCUT2D eigenvalue weighted by Gasteiger charge is 2.35. The van der Waals surface area contributed by atoms with E-state index in [9.17, 15) is 14.6 Å². The van der Waals surface area contributed by atoms with Crippen LogP contribution in [-0.2, 0) is 11.3 Å². The van der Waals surface area contributed by atoms with Crippen LogP contribution in [0.5, 0.6) is 0 Å². The highest BCUT2D eigenvalue weighted by molar-refractivity contribution is 5.82. The van der Waals surface area contributed by atoms with Gasteiger partial charge in [0.2, 0.25) is 0 Å². The topological polar surface area (TPSA) is 118 Å². The minimum Gasteiger partial charge on any atom is -0.434 e. The third kappa shape index (κ3) is 2.95. The molecule has 1 unspecified atom stereocenters. The summed E-state index contributed by atoms with van der Waals surface area (Å²) in [6, 6.07) is 2.12. The van der Waals surface area contributed by atoms with Crippen molar-refractivity contribution in [2.45, 2.75) is 31.4 Å². The molecule has 1 fully saturated rings. The highest BCUT2D eigenvalue weighted by atomic mass is 19.1. The van der Waals surface area contributed by atoms with Gasteiger partial charge >= 0.3 is 0 Å². The van der Waals surface area contributed by atoms with Crippen LogP contribution in [0.3, 0.4) is 0 Å². The van der Waals surface area contributed by atoms with Crippen LogP contribution >= 0.6 is 0 Å². The normalized spacial score (nSPS) is 23.4. The first-order valence-electron chi connectivity index (χ1n) is 7.75. The zero-order valence-electron chi connectivity index (χ0n) is 13.0. The average Bonchev–Trinajstić information content (AvgIpc) is 3.31. The van der Waals surface area contributed by atoms with Crippen molar-refractivity contribution < 1.29 is 23.8 Å². The first-order valence-corrected chi connectivity index (χ1v) is 7.75. The van der Waals surface area contributed by atoms with Gasteiger partial charge in [-0.3, -0.25) is 4.57 Å². The zero-order valence-corrected chi connectivity index (χ0v) is 13.0. The number of nitrogens with zero attached hydrogens (tertiary/aromatic N) is 4. The summed E-state index contributed by atoms with van der Waals surface area (Å²) < 4.78 is 25.1. The summed E-state index contributed by atoms with van der Waals surface area (Å²) >= 11 is 0. The Balaban J connectivity index is 1.58. The number of ether oxygens (including phenoxy) is 1. The van der Waals surface area contributed by atoms with Crippen molar-refractivity contribution in [2.75, 3.05) is 11.9 Å². The van der Waals surface area contributed by atoms with E-state index in [-0.39, 0.29) is 13.2 Å². The van der Waals surface area contributed by atoms with Crippen molar-refractivity contribution in [1.29, 1.82) is 0 Å². The SMILES string of the molecule is OC[C@H]1OC(n2cnc3c(NCc4ccc(F)o4)ncnc32)C[C@@H]1O. The summed E-state index contributed by atoms with van der Waals surface area (Å²) in [6.45, 7) is -0.0140. The zero-order chi connectivity index (χ0) is 17.4. The van der Waals surface area contributed by atoms with Crippen molar-refractivity contribution in [2.24, 2.45) is 0 Å². The van der Waals surface area contributed by atoms with Crippen molar-refractivity contribution in [3.05, 3.63) is 36.6 Å². The monoisotopic (exact) mass is 349 g/mol. The Morgan fingerprint density at radius 2 is 2.20 bits per heavy atom. The minimum atomic E-state index is -0.749. The van der Waals surface area contributed by atoms with Gasteiger partial charge in [-0.1, -0.05) is 0 Å². The van der Waals surface area contributed by atoms with Crippen molar-refractivity contribution in [3.8, 4) is 0 Å². The molecular formula is C15H16FN5O4. The summed E-state index contributed by atoms with van der Waals surface area (Å²) in [7, 11) is 0. The molecule has 4 rings (SSSR count). The van der Waals surface area contributed by atoms with E-state index >= 15 is 0 Å². The Kier molecular flexibility index (Phi) is 4.07. The maximum absolute atomic E-state index is 12.9. The second-order valence-electron chi connectivity index (χ2n) is 5.72. The molecule has 0 radical (unpaired) electrons. The number of rotatable bonds is 5. The van der Waals surface area contributed by atoms with Gasteiger partial charge in [-0.2, -0.15) is 4.39 Å². The number of furan rings is 1. The van der Waals surface area contributed by atoms with Crippen LogP contribution in [0.4, 0.5) is 10.2 Å². The van der Waals surface area contributed by atoms with Crippen LogP contribution in [0.2, 0.25) is 0 Å². The highest BCUT2D eigenvalue weighted by Crippen LogP contribution is 2.31. The van der Waals surface area contributed by atoms with E-state index < -0.39 is 24.4 Å². The Hall–Kier alpha value is -2.56. The third-order valence-electron chi connectivity index (χ3n) is 4.11. The van der Waals surface area contributed by atoms with Crippen LogP contribution in [-0.4, -0.2) is 48.5 Å².